The molecule has 0 saturated carbocycles. The number of ether oxygens (including phenoxy) is 1. The van der Waals surface area contributed by atoms with E-state index in [1.165, 1.54) is 11.3 Å². The second-order valence-electron chi connectivity index (χ2n) is 8.54. The van der Waals surface area contributed by atoms with Crippen molar-refractivity contribution in [2.45, 2.75) is 19.4 Å². The molecule has 4 rings (SSSR count). The van der Waals surface area contributed by atoms with Crippen molar-refractivity contribution in [2.75, 3.05) is 56.7 Å². The summed E-state index contributed by atoms with van der Waals surface area (Å²) < 4.78 is 7.41. The molecule has 1 unspecified atom stereocenters. The van der Waals surface area contributed by atoms with Gasteiger partial charge in [-0.15, -0.1) is 0 Å². The van der Waals surface area contributed by atoms with E-state index in [9.17, 15) is 0 Å². The van der Waals surface area contributed by atoms with Gasteiger partial charge in [0, 0.05) is 76.9 Å². The van der Waals surface area contributed by atoms with Crippen LogP contribution in [0.1, 0.15) is 17.7 Å². The molecule has 2 aliphatic rings. The van der Waals surface area contributed by atoms with Gasteiger partial charge in [-0.2, -0.15) is 0 Å². The number of aryl methyl sites for hydroxylation is 1. The number of hydrogen-bond donors (Lipinski definition) is 2. The fraction of sp³-hybridized carbons (Fsp3) is 0.385. The van der Waals surface area contributed by atoms with Crippen LogP contribution in [0, 0.1) is 6.92 Å². The number of rotatable bonds is 7. The molecule has 3 N–H and O–H groups in total. The molecular weight excluding hydrogens is 426 g/mol. The molecule has 1 atom stereocenters. The Labute approximate surface area is 202 Å². The normalized spacial score (nSPS) is 18.4. The Balaban J connectivity index is 1.57. The smallest absolute Gasteiger partial charge is 0.0875 e. The van der Waals surface area contributed by atoms with Crippen LogP contribution in [0.2, 0.25) is 0 Å². The number of piperazine rings is 1. The number of methoxy groups -OCH3 is 1. The number of anilines is 2. The van der Waals surface area contributed by atoms with Crippen molar-refractivity contribution >= 4 is 16.9 Å². The highest BCUT2D eigenvalue weighted by Crippen LogP contribution is 2.26. The van der Waals surface area contributed by atoms with Crippen LogP contribution in [0.3, 0.4) is 0 Å². The van der Waals surface area contributed by atoms with Crippen LogP contribution in [0.5, 0.6) is 0 Å². The first-order chi connectivity index (χ1) is 16.7. The van der Waals surface area contributed by atoms with Gasteiger partial charge < -0.3 is 15.4 Å². The minimum atomic E-state index is 0.108. The molecule has 8 heteroatoms. The van der Waals surface area contributed by atoms with E-state index in [1.807, 2.05) is 17.1 Å². The second-order valence-corrected chi connectivity index (χ2v) is 8.54. The minimum absolute atomic E-state index is 0.108. The molecule has 34 heavy (non-hydrogen) atoms. The third-order valence-electron chi connectivity index (χ3n) is 6.26. The number of nitrogens with two attached hydrogens (primary N) is 1. The molecule has 1 fully saturated rings. The third kappa shape index (κ3) is 6.02. The zero-order valence-electron chi connectivity index (χ0n) is 20.1. The van der Waals surface area contributed by atoms with Crippen LogP contribution in [-0.4, -0.2) is 72.0 Å². The van der Waals surface area contributed by atoms with Crippen molar-refractivity contribution in [1.82, 2.24) is 19.5 Å². The monoisotopic (exact) mass is 461 g/mol. The van der Waals surface area contributed by atoms with Crippen LogP contribution >= 0.6 is 0 Å². The molecule has 1 aromatic heterocycles. The quantitative estimate of drug-likeness (QED) is 0.656. The summed E-state index contributed by atoms with van der Waals surface area (Å²) in [5.41, 5.74) is 14.8. The summed E-state index contributed by atoms with van der Waals surface area (Å²) in [6.07, 6.45) is 16.1. The summed E-state index contributed by atoms with van der Waals surface area (Å²) in [7, 11) is 1.73. The Bertz CT molecular complexity index is 1070. The van der Waals surface area contributed by atoms with Crippen molar-refractivity contribution in [3.05, 3.63) is 78.7 Å². The first-order valence-corrected chi connectivity index (χ1v) is 11.8. The zero-order chi connectivity index (χ0) is 23.8. The highest BCUT2D eigenvalue weighted by molar-refractivity contribution is 5.73. The standard InChI is InChI=1S/C26H35N7O/c1-21-19-23(5-8-25(21)32-17-15-31(13-9-27)16-18-32)30-33-14-12-28-10-11-29-20-26(33)22-3-6-24(34-2)7-4-22/h3-6,8,10-12,14,19-20,24,30H,7,9,13,15-18,27H2,1-2H3. The molecule has 0 amide bonds. The van der Waals surface area contributed by atoms with Gasteiger partial charge >= 0.3 is 0 Å². The van der Waals surface area contributed by atoms with Gasteiger partial charge in [0.2, 0.25) is 0 Å². The predicted molar refractivity (Wildman–Crippen MR) is 138 cm³/mol. The number of nitrogens with zero attached hydrogens (tertiary/aromatic N) is 5. The summed E-state index contributed by atoms with van der Waals surface area (Å²) in [6, 6.07) is 6.53. The summed E-state index contributed by atoms with van der Waals surface area (Å²) in [4.78, 5) is 13.6. The Hall–Kier alpha value is -3.20. The maximum atomic E-state index is 5.72. The lowest BCUT2D eigenvalue weighted by Crippen LogP contribution is -2.48. The lowest BCUT2D eigenvalue weighted by molar-refractivity contribution is 0.143. The lowest BCUT2D eigenvalue weighted by Gasteiger charge is -2.36. The largest absolute Gasteiger partial charge is 0.377 e. The molecule has 0 bridgehead atoms. The van der Waals surface area contributed by atoms with Crippen molar-refractivity contribution in [1.29, 1.82) is 0 Å². The van der Waals surface area contributed by atoms with Crippen molar-refractivity contribution in [2.24, 2.45) is 5.73 Å². The maximum absolute atomic E-state index is 5.72. The van der Waals surface area contributed by atoms with E-state index >= 15 is 0 Å². The number of allylic oxidation sites excluding steroid dienone is 2. The molecule has 1 aliphatic heterocycles. The van der Waals surface area contributed by atoms with Crippen LogP contribution in [0.25, 0.3) is 5.57 Å². The molecule has 8 nitrogen and oxygen atoms in total. The van der Waals surface area contributed by atoms with Gasteiger partial charge in [-0.3, -0.25) is 25.0 Å². The zero-order valence-corrected chi connectivity index (χ0v) is 20.1. The van der Waals surface area contributed by atoms with E-state index in [0.29, 0.717) is 0 Å². The number of aromatic nitrogens is 3. The van der Waals surface area contributed by atoms with Crippen molar-refractivity contribution < 1.29 is 4.74 Å². The highest BCUT2D eigenvalue weighted by atomic mass is 16.5. The molecule has 180 valence electrons. The van der Waals surface area contributed by atoms with Gasteiger partial charge in [-0.05, 0) is 42.7 Å². The molecule has 2 aromatic rings. The minimum Gasteiger partial charge on any atom is -0.377 e. The first-order valence-electron chi connectivity index (χ1n) is 11.8. The Morgan fingerprint density at radius 1 is 1.12 bits per heavy atom. The van der Waals surface area contributed by atoms with Gasteiger partial charge in [0.15, 0.2) is 0 Å². The molecular formula is C26H35N7O. The van der Waals surface area contributed by atoms with Crippen molar-refractivity contribution in [3.63, 3.8) is 0 Å². The summed E-state index contributed by atoms with van der Waals surface area (Å²) in [5, 5.41) is 0. The van der Waals surface area contributed by atoms with Crippen LogP contribution in [0.4, 0.5) is 11.4 Å². The summed E-state index contributed by atoms with van der Waals surface area (Å²) in [5.74, 6) is 0. The molecule has 0 radical (unpaired) electrons. The number of benzene rings is 1. The molecule has 1 aromatic carbocycles. The maximum Gasteiger partial charge on any atom is 0.0875 e. The van der Waals surface area contributed by atoms with Crippen molar-refractivity contribution in [3.8, 4) is 0 Å². The van der Waals surface area contributed by atoms with Gasteiger partial charge in [0.1, 0.15) is 0 Å². The van der Waals surface area contributed by atoms with E-state index in [-0.39, 0.29) is 6.10 Å². The predicted octanol–water partition coefficient (Wildman–Crippen LogP) is 3.03. The van der Waals surface area contributed by atoms with E-state index in [4.69, 9.17) is 10.5 Å². The van der Waals surface area contributed by atoms with Gasteiger partial charge in [-0.1, -0.05) is 18.2 Å². The van der Waals surface area contributed by atoms with Gasteiger partial charge in [0.05, 0.1) is 23.7 Å². The first kappa shape index (κ1) is 23.9. The van der Waals surface area contributed by atoms with Crippen LogP contribution in [-0.2, 0) is 4.74 Å². The lowest BCUT2D eigenvalue weighted by atomic mass is 10.0. The summed E-state index contributed by atoms with van der Waals surface area (Å²) in [6.45, 7) is 8.01. The van der Waals surface area contributed by atoms with E-state index in [1.54, 1.807) is 25.7 Å². The number of hydrogen-bond acceptors (Lipinski definition) is 7. The summed E-state index contributed by atoms with van der Waals surface area (Å²) >= 11 is 0. The molecule has 1 aliphatic carbocycles. The Morgan fingerprint density at radius 2 is 1.94 bits per heavy atom. The Kier molecular flexibility index (Phi) is 8.30. The molecule has 1 saturated heterocycles. The Morgan fingerprint density at radius 3 is 2.65 bits per heavy atom. The van der Waals surface area contributed by atoms with E-state index < -0.39 is 0 Å². The van der Waals surface area contributed by atoms with Gasteiger partial charge in [-0.25, -0.2) is 0 Å². The number of nitrogens with one attached hydrogen (secondary N) is 1. The second kappa shape index (κ2) is 11.8. The molecule has 2 heterocycles. The van der Waals surface area contributed by atoms with Crippen LogP contribution in [0.15, 0.2) is 67.4 Å². The fourth-order valence-electron chi connectivity index (χ4n) is 4.38. The van der Waals surface area contributed by atoms with E-state index in [2.05, 4.69) is 68.5 Å². The third-order valence-corrected chi connectivity index (χ3v) is 6.26. The fourth-order valence-corrected chi connectivity index (χ4v) is 4.38. The van der Waals surface area contributed by atoms with E-state index in [0.717, 1.165) is 62.6 Å². The van der Waals surface area contributed by atoms with Crippen LogP contribution < -0.4 is 16.1 Å². The average Bonchev–Trinajstić information content (AvgIpc) is 2.97. The molecule has 0 spiro atoms. The topological polar surface area (TPSA) is 84.5 Å². The highest BCUT2D eigenvalue weighted by Gasteiger charge is 2.18. The SMILES string of the molecule is COC1C=CC(c2cnccnccn2Nc2ccc(N3CCN(CCN)CC3)c(C)c2)=CC1. The average molecular weight is 462 g/mol. The van der Waals surface area contributed by atoms with Gasteiger partial charge in [0.25, 0.3) is 0 Å².